The standard InChI is InChI=1S/C19H14F3N3O/c20-19(21,22)11-5-13-26-18-16(10-9-14-6-2-1-3-7-14)24-17-15(25-18)8-4-12-23-17/h1-4,6-8,12H,5,11,13H2. The van der Waals surface area contributed by atoms with E-state index in [4.69, 9.17) is 4.74 Å². The molecule has 0 bridgehead atoms. The van der Waals surface area contributed by atoms with Crippen LogP contribution in [0.3, 0.4) is 0 Å². The van der Waals surface area contributed by atoms with E-state index < -0.39 is 12.6 Å². The fourth-order valence-electron chi connectivity index (χ4n) is 2.15. The smallest absolute Gasteiger partial charge is 0.389 e. The number of hydrogen-bond donors (Lipinski definition) is 0. The third kappa shape index (κ3) is 4.93. The molecule has 2 aromatic heterocycles. The first-order valence-electron chi connectivity index (χ1n) is 7.91. The summed E-state index contributed by atoms with van der Waals surface area (Å²) in [6, 6.07) is 12.7. The van der Waals surface area contributed by atoms with E-state index in [1.54, 1.807) is 18.3 Å². The molecule has 7 heteroatoms. The summed E-state index contributed by atoms with van der Waals surface area (Å²) in [5.74, 6) is 5.92. The number of pyridine rings is 1. The molecule has 26 heavy (non-hydrogen) atoms. The molecule has 0 aliphatic rings. The number of fused-ring (bicyclic) bond motifs is 1. The van der Waals surface area contributed by atoms with Crippen molar-refractivity contribution in [3.63, 3.8) is 0 Å². The SMILES string of the molecule is FC(F)(F)CCCOc1nc2cccnc2nc1C#Cc1ccccc1. The van der Waals surface area contributed by atoms with E-state index in [0.29, 0.717) is 11.2 Å². The Morgan fingerprint density at radius 3 is 2.54 bits per heavy atom. The zero-order valence-electron chi connectivity index (χ0n) is 13.6. The van der Waals surface area contributed by atoms with Gasteiger partial charge in [-0.15, -0.1) is 0 Å². The van der Waals surface area contributed by atoms with Crippen LogP contribution in [-0.2, 0) is 0 Å². The molecular formula is C19H14F3N3O. The fraction of sp³-hybridized carbons (Fsp3) is 0.211. The molecular weight excluding hydrogens is 343 g/mol. The highest BCUT2D eigenvalue weighted by atomic mass is 19.4. The van der Waals surface area contributed by atoms with E-state index in [-0.39, 0.29) is 24.6 Å². The van der Waals surface area contributed by atoms with Crippen LogP contribution in [0, 0.1) is 11.8 Å². The Labute approximate surface area is 148 Å². The summed E-state index contributed by atoms with van der Waals surface area (Å²) in [5, 5.41) is 0. The van der Waals surface area contributed by atoms with Crippen LogP contribution in [0.15, 0.2) is 48.7 Å². The van der Waals surface area contributed by atoms with Crippen LogP contribution in [0.5, 0.6) is 5.88 Å². The molecule has 0 fully saturated rings. The average molecular weight is 357 g/mol. The normalized spacial score (nSPS) is 11.0. The third-order valence-corrected chi connectivity index (χ3v) is 3.35. The first-order chi connectivity index (χ1) is 12.5. The van der Waals surface area contributed by atoms with E-state index >= 15 is 0 Å². The highest BCUT2D eigenvalue weighted by molar-refractivity contribution is 5.71. The number of nitrogens with zero attached hydrogens (tertiary/aromatic N) is 3. The van der Waals surface area contributed by atoms with Crippen molar-refractivity contribution in [2.24, 2.45) is 0 Å². The average Bonchev–Trinajstić information content (AvgIpc) is 2.63. The van der Waals surface area contributed by atoms with Gasteiger partial charge in [-0.05, 0) is 36.6 Å². The summed E-state index contributed by atoms with van der Waals surface area (Å²) in [6.07, 6.45) is -3.71. The van der Waals surface area contributed by atoms with Gasteiger partial charge in [0.1, 0.15) is 5.52 Å². The predicted molar refractivity (Wildman–Crippen MR) is 90.5 cm³/mol. The Morgan fingerprint density at radius 2 is 1.77 bits per heavy atom. The third-order valence-electron chi connectivity index (χ3n) is 3.35. The zero-order chi connectivity index (χ0) is 18.4. The lowest BCUT2D eigenvalue weighted by Gasteiger charge is -2.09. The van der Waals surface area contributed by atoms with E-state index in [9.17, 15) is 13.2 Å². The number of halogens is 3. The Morgan fingerprint density at radius 1 is 0.962 bits per heavy atom. The maximum Gasteiger partial charge on any atom is 0.389 e. The molecule has 4 nitrogen and oxygen atoms in total. The molecule has 0 amide bonds. The largest absolute Gasteiger partial charge is 0.476 e. The summed E-state index contributed by atoms with van der Waals surface area (Å²) >= 11 is 0. The molecule has 0 unspecified atom stereocenters. The van der Waals surface area contributed by atoms with Gasteiger partial charge in [0.15, 0.2) is 11.3 Å². The number of benzene rings is 1. The van der Waals surface area contributed by atoms with Crippen molar-refractivity contribution < 1.29 is 17.9 Å². The van der Waals surface area contributed by atoms with Crippen LogP contribution in [-0.4, -0.2) is 27.7 Å². The molecule has 1 aromatic carbocycles. The second-order valence-corrected chi connectivity index (χ2v) is 5.41. The minimum absolute atomic E-state index is 0.108. The number of aromatic nitrogens is 3. The molecule has 2 heterocycles. The Kier molecular flexibility index (Phi) is 5.32. The van der Waals surface area contributed by atoms with Crippen LogP contribution in [0.2, 0.25) is 0 Å². The van der Waals surface area contributed by atoms with Crippen molar-refractivity contribution in [2.45, 2.75) is 19.0 Å². The number of hydrogen-bond acceptors (Lipinski definition) is 4. The highest BCUT2D eigenvalue weighted by Gasteiger charge is 2.26. The van der Waals surface area contributed by atoms with Crippen molar-refractivity contribution in [3.05, 3.63) is 59.9 Å². The maximum absolute atomic E-state index is 12.3. The Balaban J connectivity index is 1.86. The van der Waals surface area contributed by atoms with Gasteiger partial charge in [0, 0.05) is 18.2 Å². The first kappa shape index (κ1) is 17.7. The second kappa shape index (κ2) is 7.83. The van der Waals surface area contributed by atoms with Gasteiger partial charge < -0.3 is 4.74 Å². The summed E-state index contributed by atoms with van der Waals surface area (Å²) < 4.78 is 42.2. The monoisotopic (exact) mass is 357 g/mol. The van der Waals surface area contributed by atoms with Crippen molar-refractivity contribution in [2.75, 3.05) is 6.61 Å². The van der Waals surface area contributed by atoms with Crippen LogP contribution in [0.25, 0.3) is 11.2 Å². The van der Waals surface area contributed by atoms with Crippen molar-refractivity contribution in [1.29, 1.82) is 0 Å². The maximum atomic E-state index is 12.3. The summed E-state index contributed by atoms with van der Waals surface area (Å²) in [6.45, 7) is -0.125. The molecule has 0 saturated heterocycles. The molecule has 3 aromatic rings. The van der Waals surface area contributed by atoms with E-state index in [0.717, 1.165) is 5.56 Å². The lowest BCUT2D eigenvalue weighted by molar-refractivity contribution is -0.136. The lowest BCUT2D eigenvalue weighted by Crippen LogP contribution is -2.10. The van der Waals surface area contributed by atoms with Gasteiger partial charge in [0.2, 0.25) is 5.88 Å². The van der Waals surface area contributed by atoms with Gasteiger partial charge in [-0.2, -0.15) is 13.2 Å². The van der Waals surface area contributed by atoms with Gasteiger partial charge in [0.25, 0.3) is 0 Å². The van der Waals surface area contributed by atoms with E-state index in [2.05, 4.69) is 26.8 Å². The highest BCUT2D eigenvalue weighted by Crippen LogP contribution is 2.22. The van der Waals surface area contributed by atoms with E-state index in [1.165, 1.54) is 0 Å². The fourth-order valence-corrected chi connectivity index (χ4v) is 2.15. The molecule has 132 valence electrons. The van der Waals surface area contributed by atoms with Crippen LogP contribution in [0.4, 0.5) is 13.2 Å². The Hall–Kier alpha value is -3.14. The molecule has 0 aliphatic carbocycles. The van der Waals surface area contributed by atoms with E-state index in [1.807, 2.05) is 30.3 Å². The predicted octanol–water partition coefficient (Wildman–Crippen LogP) is 4.15. The minimum atomic E-state index is -4.21. The quantitative estimate of drug-likeness (QED) is 0.520. The summed E-state index contributed by atoms with van der Waals surface area (Å²) in [7, 11) is 0. The van der Waals surface area contributed by atoms with Gasteiger partial charge in [-0.1, -0.05) is 24.1 Å². The van der Waals surface area contributed by atoms with Crippen molar-refractivity contribution in [1.82, 2.24) is 15.0 Å². The zero-order valence-corrected chi connectivity index (χ0v) is 13.6. The summed E-state index contributed by atoms with van der Waals surface area (Å²) in [5.41, 5.74) is 1.90. The number of ether oxygens (including phenoxy) is 1. The minimum Gasteiger partial charge on any atom is -0.476 e. The first-order valence-corrected chi connectivity index (χ1v) is 7.91. The van der Waals surface area contributed by atoms with Gasteiger partial charge in [0.05, 0.1) is 6.61 Å². The number of rotatable bonds is 4. The Bertz CT molecular complexity index is 947. The molecule has 0 radical (unpaired) electrons. The van der Waals surface area contributed by atoms with Crippen molar-refractivity contribution >= 4 is 11.2 Å². The molecule has 0 aliphatic heterocycles. The van der Waals surface area contributed by atoms with Crippen molar-refractivity contribution in [3.8, 4) is 17.7 Å². The second-order valence-electron chi connectivity index (χ2n) is 5.41. The summed E-state index contributed by atoms with van der Waals surface area (Å²) in [4.78, 5) is 12.7. The van der Waals surface area contributed by atoms with Crippen LogP contribution in [0.1, 0.15) is 24.1 Å². The molecule has 3 rings (SSSR count). The molecule has 0 N–H and O–H groups in total. The van der Waals surface area contributed by atoms with Gasteiger partial charge >= 0.3 is 6.18 Å². The molecule has 0 atom stereocenters. The molecule has 0 spiro atoms. The van der Waals surface area contributed by atoms with Gasteiger partial charge in [-0.25, -0.2) is 15.0 Å². The number of alkyl halides is 3. The molecule has 0 saturated carbocycles. The van der Waals surface area contributed by atoms with Crippen LogP contribution >= 0.6 is 0 Å². The topological polar surface area (TPSA) is 47.9 Å². The van der Waals surface area contributed by atoms with Crippen LogP contribution < -0.4 is 4.74 Å². The van der Waals surface area contributed by atoms with Gasteiger partial charge in [-0.3, -0.25) is 0 Å². The lowest BCUT2D eigenvalue weighted by atomic mass is 10.2.